The molecule has 0 saturated heterocycles. The standard InChI is InChI=1S/C18H14N4O2S2/c1-10(23)6-16-20-18(26-22-16)21-17(24)14-8-15(25-11(14)2)13-5-3-4-12(7-13)9-19/h3-5,7-8H,6H2,1-2H3,(H,20,21,22,24). The summed E-state index contributed by atoms with van der Waals surface area (Å²) < 4.78 is 4.06. The Kier molecular flexibility index (Phi) is 5.21. The third-order valence-electron chi connectivity index (χ3n) is 3.53. The van der Waals surface area contributed by atoms with Crippen LogP contribution in [0.25, 0.3) is 10.4 Å². The van der Waals surface area contributed by atoms with E-state index in [2.05, 4.69) is 20.7 Å². The summed E-state index contributed by atoms with van der Waals surface area (Å²) in [6, 6.07) is 11.2. The number of thiophene rings is 1. The van der Waals surface area contributed by atoms with Crippen LogP contribution in [0.5, 0.6) is 0 Å². The number of aryl methyl sites for hydroxylation is 1. The lowest BCUT2D eigenvalue weighted by molar-refractivity contribution is -0.116. The number of aromatic nitrogens is 2. The van der Waals surface area contributed by atoms with Gasteiger partial charge in [0.15, 0.2) is 5.82 Å². The summed E-state index contributed by atoms with van der Waals surface area (Å²) in [6.45, 7) is 3.34. The van der Waals surface area contributed by atoms with Gasteiger partial charge in [-0.05, 0) is 37.6 Å². The van der Waals surface area contributed by atoms with Crippen molar-refractivity contribution in [3.63, 3.8) is 0 Å². The first kappa shape index (κ1) is 17.9. The molecule has 0 atom stereocenters. The number of rotatable bonds is 5. The second-order valence-corrected chi connectivity index (χ2v) is 7.63. The average molecular weight is 382 g/mol. The fraction of sp³-hybridized carbons (Fsp3) is 0.167. The Balaban J connectivity index is 1.80. The molecule has 0 unspecified atom stereocenters. The molecule has 1 aromatic carbocycles. The molecule has 0 fully saturated rings. The van der Waals surface area contributed by atoms with Crippen LogP contribution in [0.15, 0.2) is 30.3 Å². The van der Waals surface area contributed by atoms with E-state index < -0.39 is 0 Å². The van der Waals surface area contributed by atoms with Gasteiger partial charge in [-0.25, -0.2) is 4.98 Å². The largest absolute Gasteiger partial charge is 0.300 e. The third kappa shape index (κ3) is 4.02. The lowest BCUT2D eigenvalue weighted by atomic mass is 10.1. The minimum absolute atomic E-state index is 0.0291. The van der Waals surface area contributed by atoms with E-state index in [4.69, 9.17) is 5.26 Å². The minimum atomic E-state index is -0.271. The van der Waals surface area contributed by atoms with Gasteiger partial charge >= 0.3 is 0 Å². The summed E-state index contributed by atoms with van der Waals surface area (Å²) in [4.78, 5) is 29.6. The van der Waals surface area contributed by atoms with E-state index in [1.54, 1.807) is 12.1 Å². The van der Waals surface area contributed by atoms with Crippen molar-refractivity contribution in [2.45, 2.75) is 20.3 Å². The van der Waals surface area contributed by atoms with Crippen molar-refractivity contribution in [3.05, 3.63) is 52.2 Å². The quantitative estimate of drug-likeness (QED) is 0.723. The van der Waals surface area contributed by atoms with Gasteiger partial charge in [-0.3, -0.25) is 14.9 Å². The molecule has 0 aliphatic heterocycles. The molecular formula is C18H14N4O2S2. The summed E-state index contributed by atoms with van der Waals surface area (Å²) in [5.74, 6) is 0.111. The molecule has 0 aliphatic rings. The van der Waals surface area contributed by atoms with Crippen LogP contribution in [0.3, 0.4) is 0 Å². The molecule has 0 aliphatic carbocycles. The van der Waals surface area contributed by atoms with E-state index in [1.165, 1.54) is 18.3 Å². The van der Waals surface area contributed by atoms with Gasteiger partial charge in [-0.15, -0.1) is 11.3 Å². The highest BCUT2D eigenvalue weighted by atomic mass is 32.1. The van der Waals surface area contributed by atoms with Crippen molar-refractivity contribution in [2.75, 3.05) is 5.32 Å². The van der Waals surface area contributed by atoms with E-state index in [9.17, 15) is 9.59 Å². The maximum absolute atomic E-state index is 12.5. The van der Waals surface area contributed by atoms with Crippen molar-refractivity contribution in [3.8, 4) is 16.5 Å². The van der Waals surface area contributed by atoms with E-state index in [0.717, 1.165) is 26.9 Å². The lowest BCUT2D eigenvalue weighted by Gasteiger charge is -1.99. The molecule has 0 bridgehead atoms. The molecule has 2 aromatic heterocycles. The molecule has 2 heterocycles. The Labute approximate surface area is 158 Å². The molecule has 6 nitrogen and oxygen atoms in total. The summed E-state index contributed by atoms with van der Waals surface area (Å²) in [5, 5.41) is 12.1. The Hall–Kier alpha value is -2.89. The van der Waals surface area contributed by atoms with Crippen molar-refractivity contribution >= 4 is 39.7 Å². The van der Waals surface area contributed by atoms with Gasteiger partial charge in [-0.2, -0.15) is 9.64 Å². The Morgan fingerprint density at radius 1 is 1.31 bits per heavy atom. The monoisotopic (exact) mass is 382 g/mol. The summed E-state index contributed by atoms with van der Waals surface area (Å²) >= 11 is 2.54. The first-order chi connectivity index (χ1) is 12.5. The van der Waals surface area contributed by atoms with Crippen LogP contribution in [0.2, 0.25) is 0 Å². The van der Waals surface area contributed by atoms with Crippen LogP contribution in [0.4, 0.5) is 5.13 Å². The highest BCUT2D eigenvalue weighted by Crippen LogP contribution is 2.32. The number of hydrogen-bond donors (Lipinski definition) is 1. The summed E-state index contributed by atoms with van der Waals surface area (Å²) in [7, 11) is 0. The fourth-order valence-electron chi connectivity index (χ4n) is 2.36. The van der Waals surface area contributed by atoms with Gasteiger partial charge in [0.25, 0.3) is 5.91 Å². The van der Waals surface area contributed by atoms with Crippen molar-refractivity contribution < 1.29 is 9.59 Å². The van der Waals surface area contributed by atoms with E-state index in [0.29, 0.717) is 22.1 Å². The van der Waals surface area contributed by atoms with Gasteiger partial charge < -0.3 is 0 Å². The number of ketones is 1. The Bertz CT molecular complexity index is 1030. The predicted molar refractivity (Wildman–Crippen MR) is 101 cm³/mol. The van der Waals surface area contributed by atoms with E-state index >= 15 is 0 Å². The molecule has 0 radical (unpaired) electrons. The van der Waals surface area contributed by atoms with Crippen LogP contribution < -0.4 is 5.32 Å². The summed E-state index contributed by atoms with van der Waals surface area (Å²) in [6.07, 6.45) is 0.156. The van der Waals surface area contributed by atoms with Crippen LogP contribution in [0.1, 0.15) is 33.5 Å². The number of amides is 1. The minimum Gasteiger partial charge on any atom is -0.300 e. The Morgan fingerprint density at radius 3 is 2.85 bits per heavy atom. The molecule has 0 saturated carbocycles. The van der Waals surface area contributed by atoms with Gasteiger partial charge in [-0.1, -0.05) is 12.1 Å². The first-order valence-electron chi connectivity index (χ1n) is 7.70. The number of nitrogens with one attached hydrogen (secondary N) is 1. The van der Waals surface area contributed by atoms with Crippen molar-refractivity contribution in [1.82, 2.24) is 9.36 Å². The van der Waals surface area contributed by atoms with Gasteiger partial charge in [0.1, 0.15) is 5.78 Å². The van der Waals surface area contributed by atoms with Crippen LogP contribution >= 0.6 is 22.9 Å². The third-order valence-corrected chi connectivity index (χ3v) is 5.30. The topological polar surface area (TPSA) is 95.7 Å². The highest BCUT2D eigenvalue weighted by Gasteiger charge is 2.16. The number of anilines is 1. The zero-order valence-electron chi connectivity index (χ0n) is 14.1. The number of nitrogens with zero attached hydrogens (tertiary/aromatic N) is 3. The average Bonchev–Trinajstić information content (AvgIpc) is 3.20. The number of carbonyl (C=O) groups excluding carboxylic acids is 2. The Morgan fingerprint density at radius 2 is 2.12 bits per heavy atom. The van der Waals surface area contributed by atoms with Gasteiger partial charge in [0.2, 0.25) is 5.13 Å². The smallest absolute Gasteiger partial charge is 0.258 e. The van der Waals surface area contributed by atoms with Gasteiger partial charge in [0.05, 0.1) is 23.6 Å². The molecule has 3 aromatic rings. The number of Topliss-reactive ketones (excluding diaryl/α,β-unsaturated/α-hetero) is 1. The number of hydrogen-bond acceptors (Lipinski definition) is 7. The lowest BCUT2D eigenvalue weighted by Crippen LogP contribution is -2.12. The predicted octanol–water partition coefficient (Wildman–Crippen LogP) is 3.83. The number of nitriles is 1. The van der Waals surface area contributed by atoms with Crippen molar-refractivity contribution in [2.24, 2.45) is 0 Å². The molecular weight excluding hydrogens is 368 g/mol. The maximum Gasteiger partial charge on any atom is 0.258 e. The normalized spacial score (nSPS) is 10.3. The SMILES string of the molecule is CC(=O)Cc1nsc(NC(=O)c2cc(-c3cccc(C#N)c3)sc2C)n1. The summed E-state index contributed by atoms with van der Waals surface area (Å²) in [5.41, 5.74) is 2.03. The molecule has 3 rings (SSSR count). The molecule has 0 spiro atoms. The van der Waals surface area contributed by atoms with Crippen LogP contribution in [-0.4, -0.2) is 21.0 Å². The first-order valence-corrected chi connectivity index (χ1v) is 9.29. The zero-order valence-corrected chi connectivity index (χ0v) is 15.7. The van der Waals surface area contributed by atoms with Gasteiger partial charge in [0, 0.05) is 21.3 Å². The van der Waals surface area contributed by atoms with E-state index in [1.807, 2.05) is 25.1 Å². The maximum atomic E-state index is 12.5. The van der Waals surface area contributed by atoms with Crippen molar-refractivity contribution in [1.29, 1.82) is 5.26 Å². The molecule has 1 amide bonds. The van der Waals surface area contributed by atoms with Crippen LogP contribution in [-0.2, 0) is 11.2 Å². The molecule has 1 N–H and O–H groups in total. The molecule has 8 heteroatoms. The van der Waals surface area contributed by atoms with E-state index in [-0.39, 0.29) is 18.1 Å². The molecule has 26 heavy (non-hydrogen) atoms. The second-order valence-electron chi connectivity index (χ2n) is 5.62. The fourth-order valence-corrected chi connectivity index (χ4v) is 3.95. The van der Waals surface area contributed by atoms with Crippen LogP contribution in [0, 0.1) is 18.3 Å². The number of carbonyl (C=O) groups is 2. The highest BCUT2D eigenvalue weighted by molar-refractivity contribution is 7.15. The molecule has 130 valence electrons. The zero-order chi connectivity index (χ0) is 18.7. The second kappa shape index (κ2) is 7.56. The number of benzene rings is 1.